The Morgan fingerprint density at radius 2 is 1.88 bits per heavy atom. The molecule has 25 heavy (non-hydrogen) atoms. The van der Waals surface area contributed by atoms with Crippen LogP contribution in [0.15, 0.2) is 48.5 Å². The Morgan fingerprint density at radius 1 is 1.16 bits per heavy atom. The van der Waals surface area contributed by atoms with Gasteiger partial charge >= 0.3 is 5.97 Å². The molecule has 3 rings (SSSR count). The predicted molar refractivity (Wildman–Crippen MR) is 94.2 cm³/mol. The summed E-state index contributed by atoms with van der Waals surface area (Å²) in [6.07, 6.45) is 0.475. The lowest BCUT2D eigenvalue weighted by molar-refractivity contribution is -0.142. The number of benzene rings is 2. The highest BCUT2D eigenvalue weighted by Crippen LogP contribution is 2.28. The fourth-order valence-electron chi connectivity index (χ4n) is 3.05. The molecule has 2 atom stereocenters. The Morgan fingerprint density at radius 3 is 2.52 bits per heavy atom. The third-order valence-corrected chi connectivity index (χ3v) is 4.72. The molecule has 1 amide bonds. The fraction of sp³-hybridized carbons (Fsp3) is 0.263. The van der Waals surface area contributed by atoms with E-state index in [9.17, 15) is 14.7 Å². The monoisotopic (exact) mass is 359 g/mol. The van der Waals surface area contributed by atoms with Gasteiger partial charge in [0.05, 0.1) is 5.92 Å². The van der Waals surface area contributed by atoms with E-state index in [1.54, 1.807) is 60.4 Å². The van der Waals surface area contributed by atoms with E-state index >= 15 is 0 Å². The van der Waals surface area contributed by atoms with E-state index in [1.807, 2.05) is 0 Å². The van der Waals surface area contributed by atoms with E-state index in [2.05, 4.69) is 0 Å². The van der Waals surface area contributed by atoms with E-state index in [4.69, 9.17) is 16.3 Å². The number of carbonyl (C=O) groups is 2. The summed E-state index contributed by atoms with van der Waals surface area (Å²) in [6, 6.07) is 13.5. The third-order valence-electron chi connectivity index (χ3n) is 4.46. The molecule has 1 saturated heterocycles. The van der Waals surface area contributed by atoms with Crippen LogP contribution in [0.4, 0.5) is 0 Å². The Bertz CT molecular complexity index is 790. The first-order valence-electron chi connectivity index (χ1n) is 8.03. The molecule has 1 heterocycles. The number of carboxylic acids is 1. The van der Waals surface area contributed by atoms with Crippen LogP contribution < -0.4 is 4.74 Å². The number of carbonyl (C=O) groups excluding carboxylic acids is 1. The largest absolute Gasteiger partial charge is 0.481 e. The van der Waals surface area contributed by atoms with Crippen LogP contribution in [0.3, 0.4) is 0 Å². The molecule has 1 N–H and O–H groups in total. The lowest BCUT2D eigenvalue weighted by Crippen LogP contribution is -2.37. The summed E-state index contributed by atoms with van der Waals surface area (Å²) in [5, 5.41) is 9.83. The van der Waals surface area contributed by atoms with E-state index in [-0.39, 0.29) is 11.9 Å². The highest BCUT2D eigenvalue weighted by atomic mass is 35.5. The maximum Gasteiger partial charge on any atom is 0.308 e. The van der Waals surface area contributed by atoms with E-state index < -0.39 is 11.9 Å². The number of ether oxygens (including phenoxy) is 1. The lowest BCUT2D eigenvalue weighted by Gasteiger charge is -2.23. The number of aliphatic carboxylic acids is 1. The topological polar surface area (TPSA) is 66.8 Å². The normalized spacial score (nSPS) is 19.7. The van der Waals surface area contributed by atoms with Gasteiger partial charge in [0.2, 0.25) is 0 Å². The summed E-state index contributed by atoms with van der Waals surface area (Å²) in [7, 11) is 0. The van der Waals surface area contributed by atoms with Gasteiger partial charge in [-0.05, 0) is 55.8 Å². The fourth-order valence-corrected chi connectivity index (χ4v) is 3.18. The third kappa shape index (κ3) is 3.77. The van der Waals surface area contributed by atoms with Crippen molar-refractivity contribution >= 4 is 23.5 Å². The van der Waals surface area contributed by atoms with Crippen molar-refractivity contribution in [3.8, 4) is 11.5 Å². The van der Waals surface area contributed by atoms with Gasteiger partial charge in [0.25, 0.3) is 5.91 Å². The molecule has 2 aromatic rings. The minimum atomic E-state index is -0.859. The number of hydrogen-bond acceptors (Lipinski definition) is 3. The Kier molecular flexibility index (Phi) is 4.95. The van der Waals surface area contributed by atoms with Crippen molar-refractivity contribution in [3.05, 3.63) is 59.1 Å². The molecule has 0 bridgehead atoms. The molecule has 0 aromatic heterocycles. The second kappa shape index (κ2) is 7.15. The number of halogens is 1. The minimum Gasteiger partial charge on any atom is -0.481 e. The molecule has 0 spiro atoms. The zero-order valence-electron chi connectivity index (χ0n) is 13.7. The molecular formula is C19H18ClNO4. The van der Waals surface area contributed by atoms with Crippen LogP contribution in [0.2, 0.25) is 5.02 Å². The number of amides is 1. The standard InChI is InChI=1S/C19H18ClNO4/c1-12-17(19(23)24)9-10-21(12)18(22)13-3-2-4-16(11-13)25-15-7-5-14(20)6-8-15/h2-8,11-12,17H,9-10H2,1H3,(H,23,24). The predicted octanol–water partition coefficient (Wildman–Crippen LogP) is 4.07. The SMILES string of the molecule is CC1C(C(=O)O)CCN1C(=O)c1cccc(Oc2ccc(Cl)cc2)c1. The maximum atomic E-state index is 12.7. The molecule has 1 aliphatic rings. The molecule has 0 saturated carbocycles. The Hall–Kier alpha value is -2.53. The smallest absolute Gasteiger partial charge is 0.308 e. The molecule has 2 unspecified atom stereocenters. The summed E-state index contributed by atoms with van der Waals surface area (Å²) in [6.45, 7) is 2.22. The van der Waals surface area contributed by atoms with Crippen LogP contribution in [0.5, 0.6) is 11.5 Å². The van der Waals surface area contributed by atoms with Crippen molar-refractivity contribution in [2.75, 3.05) is 6.54 Å². The highest BCUT2D eigenvalue weighted by Gasteiger charge is 2.38. The summed E-state index contributed by atoms with van der Waals surface area (Å²) >= 11 is 5.85. The maximum absolute atomic E-state index is 12.7. The van der Waals surface area contributed by atoms with Crippen LogP contribution in [0.1, 0.15) is 23.7 Å². The molecule has 0 radical (unpaired) electrons. The quantitative estimate of drug-likeness (QED) is 0.893. The zero-order valence-corrected chi connectivity index (χ0v) is 14.4. The van der Waals surface area contributed by atoms with Crippen LogP contribution in [-0.4, -0.2) is 34.5 Å². The van der Waals surface area contributed by atoms with Gasteiger partial charge in [0, 0.05) is 23.2 Å². The number of rotatable bonds is 4. The summed E-state index contributed by atoms with van der Waals surface area (Å²) in [5.74, 6) is -0.401. The van der Waals surface area contributed by atoms with Crippen LogP contribution in [0, 0.1) is 5.92 Å². The van der Waals surface area contributed by atoms with Crippen molar-refractivity contribution in [1.29, 1.82) is 0 Å². The molecule has 1 aliphatic heterocycles. The van der Waals surface area contributed by atoms with Crippen LogP contribution in [0.25, 0.3) is 0 Å². The van der Waals surface area contributed by atoms with Crippen LogP contribution in [-0.2, 0) is 4.79 Å². The first-order valence-corrected chi connectivity index (χ1v) is 8.41. The highest BCUT2D eigenvalue weighted by molar-refractivity contribution is 6.30. The van der Waals surface area contributed by atoms with Crippen molar-refractivity contribution in [3.63, 3.8) is 0 Å². The van der Waals surface area contributed by atoms with Crippen molar-refractivity contribution in [2.24, 2.45) is 5.92 Å². The van der Waals surface area contributed by atoms with E-state index in [1.165, 1.54) is 0 Å². The van der Waals surface area contributed by atoms with E-state index in [0.29, 0.717) is 35.1 Å². The van der Waals surface area contributed by atoms with Gasteiger partial charge < -0.3 is 14.7 Å². The average molecular weight is 360 g/mol. The molecule has 6 heteroatoms. The summed E-state index contributed by atoms with van der Waals surface area (Å²) in [5.41, 5.74) is 0.476. The first-order chi connectivity index (χ1) is 12.0. The second-order valence-electron chi connectivity index (χ2n) is 6.06. The van der Waals surface area contributed by atoms with Gasteiger partial charge in [0.1, 0.15) is 11.5 Å². The molecule has 2 aromatic carbocycles. The van der Waals surface area contributed by atoms with Gasteiger partial charge in [-0.1, -0.05) is 17.7 Å². The summed E-state index contributed by atoms with van der Waals surface area (Å²) < 4.78 is 5.75. The van der Waals surface area contributed by atoms with Crippen molar-refractivity contribution in [2.45, 2.75) is 19.4 Å². The molecular weight excluding hydrogens is 342 g/mol. The molecule has 130 valence electrons. The van der Waals surface area contributed by atoms with Gasteiger partial charge in [-0.3, -0.25) is 9.59 Å². The summed E-state index contributed by atoms with van der Waals surface area (Å²) in [4.78, 5) is 25.6. The van der Waals surface area contributed by atoms with Gasteiger partial charge in [-0.15, -0.1) is 0 Å². The van der Waals surface area contributed by atoms with Crippen LogP contribution >= 0.6 is 11.6 Å². The molecule has 1 fully saturated rings. The first kappa shape index (κ1) is 17.3. The van der Waals surface area contributed by atoms with Crippen molar-refractivity contribution in [1.82, 2.24) is 4.90 Å². The Balaban J connectivity index is 1.76. The van der Waals surface area contributed by atoms with E-state index in [0.717, 1.165) is 0 Å². The lowest BCUT2D eigenvalue weighted by atomic mass is 10.0. The van der Waals surface area contributed by atoms with Gasteiger partial charge in [-0.25, -0.2) is 0 Å². The minimum absolute atomic E-state index is 0.183. The number of carboxylic acid groups (broad SMARTS) is 1. The van der Waals surface area contributed by atoms with Gasteiger partial charge in [-0.2, -0.15) is 0 Å². The average Bonchev–Trinajstić information content (AvgIpc) is 2.98. The van der Waals surface area contributed by atoms with Crippen molar-refractivity contribution < 1.29 is 19.4 Å². The number of hydrogen-bond donors (Lipinski definition) is 1. The molecule has 5 nitrogen and oxygen atoms in total. The zero-order chi connectivity index (χ0) is 18.0. The number of nitrogens with zero attached hydrogens (tertiary/aromatic N) is 1. The Labute approximate surface area is 150 Å². The number of likely N-dealkylation sites (tertiary alicyclic amines) is 1. The molecule has 0 aliphatic carbocycles. The second-order valence-corrected chi connectivity index (χ2v) is 6.49. The van der Waals surface area contributed by atoms with Gasteiger partial charge in [0.15, 0.2) is 0 Å².